The van der Waals surface area contributed by atoms with Crippen LogP contribution in [0.15, 0.2) is 0 Å². The number of phosphoric ester groups is 1. The van der Waals surface area contributed by atoms with E-state index in [-0.39, 0.29) is 13.2 Å². The summed E-state index contributed by atoms with van der Waals surface area (Å²) in [4.78, 5) is 11.5. The molecule has 0 unspecified atom stereocenters. The SMILES string of the molecule is CC(C)CCCCCOP(=O)([O-])OCCCCCC(C)C.CCCCCCCCCCCC[N+](C)(C)CCCCCCCCCCCC. The summed E-state index contributed by atoms with van der Waals surface area (Å²) < 4.78 is 22.5. The number of rotatable bonds is 36. The van der Waals surface area contributed by atoms with Gasteiger partial charge in [-0.1, -0.05) is 183 Å². The third-order valence-electron chi connectivity index (χ3n) is 9.58. The van der Waals surface area contributed by atoms with Crippen LogP contribution >= 0.6 is 7.82 Å². The van der Waals surface area contributed by atoms with Gasteiger partial charge >= 0.3 is 0 Å². The van der Waals surface area contributed by atoms with Crippen molar-refractivity contribution in [2.45, 2.75) is 221 Å². The summed E-state index contributed by atoms with van der Waals surface area (Å²) in [5.74, 6) is 1.41. The number of nitrogens with zero attached hydrogens (tertiary/aromatic N) is 1. The first kappa shape index (κ1) is 50.2. The number of phosphoric acid groups is 1. The minimum atomic E-state index is -4.08. The Morgan fingerprint density at radius 1 is 0.458 bits per heavy atom. The van der Waals surface area contributed by atoms with Crippen LogP contribution in [-0.2, 0) is 13.6 Å². The molecule has 5 nitrogen and oxygen atoms in total. The highest BCUT2D eigenvalue weighted by atomic mass is 31.2. The molecule has 0 aliphatic rings. The summed E-state index contributed by atoms with van der Waals surface area (Å²) in [6.07, 6.45) is 37.2. The van der Waals surface area contributed by atoms with E-state index in [1.54, 1.807) is 0 Å². The standard InChI is InChI=1S/C26H56N.C16H35O4P/c1-5-7-9-11-13-15-17-19-21-23-25-27(3,4)26-24-22-20-18-16-14-12-10-8-6-2;1-15(2)11-7-5-9-13-19-21(17,18)20-14-10-6-8-12-16(3)4/h5-26H2,1-4H3;15-16H,5-14H2,1-4H3,(H,17,18)/q+1;/p-1. The Bertz CT molecular complexity index is 620. The van der Waals surface area contributed by atoms with E-state index in [1.807, 2.05) is 0 Å². The van der Waals surface area contributed by atoms with Crippen LogP contribution in [0.2, 0.25) is 0 Å². The third kappa shape index (κ3) is 44.1. The fourth-order valence-corrected chi connectivity index (χ4v) is 7.00. The molecule has 0 spiro atoms. The van der Waals surface area contributed by atoms with Crippen molar-refractivity contribution in [1.82, 2.24) is 0 Å². The van der Waals surface area contributed by atoms with Gasteiger partial charge in [0.1, 0.15) is 0 Å². The molecule has 0 radical (unpaired) electrons. The van der Waals surface area contributed by atoms with Gasteiger partial charge in [0, 0.05) is 0 Å². The molecule has 0 aliphatic heterocycles. The van der Waals surface area contributed by atoms with Crippen LogP contribution < -0.4 is 4.89 Å². The normalized spacial score (nSPS) is 12.2. The predicted octanol–water partition coefficient (Wildman–Crippen LogP) is 13.8. The van der Waals surface area contributed by atoms with Crippen molar-refractivity contribution in [2.75, 3.05) is 40.4 Å². The molecule has 0 fully saturated rings. The maximum Gasteiger partial charge on any atom is 0.267 e. The highest BCUT2D eigenvalue weighted by Gasteiger charge is 2.13. The van der Waals surface area contributed by atoms with E-state index in [2.05, 4.69) is 55.6 Å². The van der Waals surface area contributed by atoms with Gasteiger partial charge in [0.2, 0.25) is 0 Å². The highest BCUT2D eigenvalue weighted by Crippen LogP contribution is 2.38. The predicted molar refractivity (Wildman–Crippen MR) is 212 cm³/mol. The van der Waals surface area contributed by atoms with Crippen LogP contribution in [-0.4, -0.2) is 44.9 Å². The number of unbranched alkanes of at least 4 members (excludes halogenated alkanes) is 22. The van der Waals surface area contributed by atoms with Gasteiger partial charge < -0.3 is 18.4 Å². The first-order valence-corrected chi connectivity index (χ1v) is 22.8. The average molecular weight is 704 g/mol. The molecule has 0 atom stereocenters. The van der Waals surface area contributed by atoms with Crippen LogP contribution in [0, 0.1) is 11.8 Å². The molecule has 0 aromatic carbocycles. The van der Waals surface area contributed by atoms with Crippen LogP contribution in [0.25, 0.3) is 0 Å². The third-order valence-corrected chi connectivity index (χ3v) is 10.6. The molecular weight excluding hydrogens is 613 g/mol. The van der Waals surface area contributed by atoms with Gasteiger partial charge in [-0.25, -0.2) is 0 Å². The summed E-state index contributed by atoms with van der Waals surface area (Å²) in [7, 11) is 0.814. The van der Waals surface area contributed by atoms with Crippen molar-refractivity contribution in [3.05, 3.63) is 0 Å². The molecular formula is C42H90NO4P. The van der Waals surface area contributed by atoms with Gasteiger partial charge in [-0.05, 0) is 50.4 Å². The van der Waals surface area contributed by atoms with Gasteiger partial charge in [0.25, 0.3) is 7.82 Å². The van der Waals surface area contributed by atoms with E-state index in [0.717, 1.165) is 38.5 Å². The summed E-state index contributed by atoms with van der Waals surface area (Å²) in [5, 5.41) is 0. The van der Waals surface area contributed by atoms with E-state index in [1.165, 1.54) is 159 Å². The minimum Gasteiger partial charge on any atom is -0.756 e. The van der Waals surface area contributed by atoms with Crippen molar-refractivity contribution in [3.63, 3.8) is 0 Å². The van der Waals surface area contributed by atoms with E-state index < -0.39 is 7.82 Å². The van der Waals surface area contributed by atoms with Crippen LogP contribution in [0.3, 0.4) is 0 Å². The minimum absolute atomic E-state index is 0.242. The van der Waals surface area contributed by atoms with Crippen molar-refractivity contribution in [1.29, 1.82) is 0 Å². The average Bonchev–Trinajstić information content (AvgIpc) is 3.02. The van der Waals surface area contributed by atoms with Gasteiger partial charge in [0.05, 0.1) is 40.4 Å². The maximum atomic E-state index is 11.5. The first-order chi connectivity index (χ1) is 23.0. The Balaban J connectivity index is 0. The van der Waals surface area contributed by atoms with Crippen LogP contribution in [0.5, 0.6) is 0 Å². The lowest BCUT2D eigenvalue weighted by atomic mass is 10.1. The second-order valence-electron chi connectivity index (χ2n) is 16.3. The molecule has 0 N–H and O–H groups in total. The molecule has 0 aromatic heterocycles. The zero-order valence-electron chi connectivity index (χ0n) is 34.3. The number of hydrogen-bond acceptors (Lipinski definition) is 4. The van der Waals surface area contributed by atoms with Gasteiger partial charge in [-0.15, -0.1) is 0 Å². The lowest BCUT2D eigenvalue weighted by Crippen LogP contribution is -2.41. The summed E-state index contributed by atoms with van der Waals surface area (Å²) in [6, 6.07) is 0. The largest absolute Gasteiger partial charge is 0.756 e. The van der Waals surface area contributed by atoms with Crippen molar-refractivity contribution >= 4 is 7.82 Å². The smallest absolute Gasteiger partial charge is 0.267 e. The maximum absolute atomic E-state index is 11.5. The van der Waals surface area contributed by atoms with Crippen molar-refractivity contribution < 1.29 is 23.0 Å². The molecule has 0 amide bonds. The molecule has 0 aliphatic carbocycles. The molecule has 0 rings (SSSR count). The lowest BCUT2D eigenvalue weighted by molar-refractivity contribution is -0.890. The zero-order valence-corrected chi connectivity index (χ0v) is 35.2. The summed E-state index contributed by atoms with van der Waals surface area (Å²) in [5.41, 5.74) is 0. The quantitative estimate of drug-likeness (QED) is 0.0370. The summed E-state index contributed by atoms with van der Waals surface area (Å²) >= 11 is 0. The second-order valence-corrected chi connectivity index (χ2v) is 17.8. The van der Waals surface area contributed by atoms with E-state index in [0.29, 0.717) is 11.8 Å². The van der Waals surface area contributed by atoms with Crippen molar-refractivity contribution in [3.8, 4) is 0 Å². The molecule has 0 heterocycles. The zero-order chi connectivity index (χ0) is 36.2. The monoisotopic (exact) mass is 704 g/mol. The van der Waals surface area contributed by atoms with Crippen LogP contribution in [0.4, 0.5) is 0 Å². The molecule has 0 bridgehead atoms. The van der Waals surface area contributed by atoms with Crippen LogP contribution in [0.1, 0.15) is 221 Å². The van der Waals surface area contributed by atoms with Gasteiger partial charge in [0.15, 0.2) is 0 Å². The first-order valence-electron chi connectivity index (χ1n) is 21.4. The highest BCUT2D eigenvalue weighted by molar-refractivity contribution is 7.45. The second kappa shape index (κ2) is 36.8. The number of hydrogen-bond donors (Lipinski definition) is 0. The molecule has 292 valence electrons. The van der Waals surface area contributed by atoms with E-state index in [9.17, 15) is 9.46 Å². The number of quaternary nitrogens is 1. The lowest BCUT2D eigenvalue weighted by Gasteiger charge is -2.30. The van der Waals surface area contributed by atoms with Gasteiger partial charge in [-0.3, -0.25) is 4.57 Å². The van der Waals surface area contributed by atoms with Gasteiger partial charge in [-0.2, -0.15) is 0 Å². The molecule has 0 saturated heterocycles. The molecule has 0 aromatic rings. The Labute approximate surface area is 303 Å². The topological polar surface area (TPSA) is 58.6 Å². The van der Waals surface area contributed by atoms with Crippen molar-refractivity contribution in [2.24, 2.45) is 11.8 Å². The Kier molecular flexibility index (Phi) is 38.5. The van der Waals surface area contributed by atoms with E-state index >= 15 is 0 Å². The molecule has 48 heavy (non-hydrogen) atoms. The fourth-order valence-electron chi connectivity index (χ4n) is 6.22. The Morgan fingerprint density at radius 3 is 1.02 bits per heavy atom. The summed E-state index contributed by atoms with van der Waals surface area (Å²) in [6.45, 7) is 16.6. The fraction of sp³-hybridized carbons (Fsp3) is 1.00. The van der Waals surface area contributed by atoms with E-state index in [4.69, 9.17) is 9.05 Å². The molecule has 6 heteroatoms. The Morgan fingerprint density at radius 2 is 0.729 bits per heavy atom. The molecule has 0 saturated carbocycles. The Hall–Kier alpha value is 0.0700.